The van der Waals surface area contributed by atoms with Gasteiger partial charge in [0.1, 0.15) is 23.7 Å². The highest BCUT2D eigenvalue weighted by Gasteiger charge is 2.53. The van der Waals surface area contributed by atoms with E-state index in [0.717, 1.165) is 25.7 Å². The molecule has 7 nitrogen and oxygen atoms in total. The van der Waals surface area contributed by atoms with Crippen molar-refractivity contribution < 1.29 is 33.6 Å². The van der Waals surface area contributed by atoms with Crippen molar-refractivity contribution in [3.8, 4) is 23.0 Å². The first-order valence-corrected chi connectivity index (χ1v) is 13.7. The Hall–Kier alpha value is -2.77. The van der Waals surface area contributed by atoms with Crippen molar-refractivity contribution in [1.29, 1.82) is 0 Å². The van der Waals surface area contributed by atoms with Crippen LogP contribution in [0.2, 0.25) is 5.02 Å². The van der Waals surface area contributed by atoms with Crippen LogP contribution in [0.25, 0.3) is 0 Å². The molecular weight excluding hydrogens is 508 g/mol. The van der Waals surface area contributed by atoms with E-state index >= 15 is 0 Å². The van der Waals surface area contributed by atoms with Gasteiger partial charge in [0.2, 0.25) is 0 Å². The highest BCUT2D eigenvalue weighted by Crippen LogP contribution is 2.57. The molecule has 2 bridgehead atoms. The van der Waals surface area contributed by atoms with Crippen LogP contribution in [-0.2, 0) is 16.1 Å². The summed E-state index contributed by atoms with van der Waals surface area (Å²) < 4.78 is 23.6. The van der Waals surface area contributed by atoms with Crippen LogP contribution in [0.1, 0.15) is 86.0 Å². The molecule has 2 aromatic carbocycles. The third-order valence-electron chi connectivity index (χ3n) is 8.43. The fourth-order valence-corrected chi connectivity index (χ4v) is 6.61. The minimum atomic E-state index is -0.836. The van der Waals surface area contributed by atoms with Gasteiger partial charge in [0.05, 0.1) is 23.7 Å². The summed E-state index contributed by atoms with van der Waals surface area (Å²) in [7, 11) is 1.44. The predicted octanol–water partition coefficient (Wildman–Crippen LogP) is 6.93. The summed E-state index contributed by atoms with van der Waals surface area (Å²) in [6.45, 7) is 7.69. The van der Waals surface area contributed by atoms with Gasteiger partial charge in [-0.2, -0.15) is 0 Å². The molecule has 3 aliphatic rings. The lowest BCUT2D eigenvalue weighted by Gasteiger charge is -2.32. The Labute approximate surface area is 228 Å². The molecule has 2 aromatic rings. The second-order valence-corrected chi connectivity index (χ2v) is 12.0. The van der Waals surface area contributed by atoms with Gasteiger partial charge in [0.25, 0.3) is 0 Å². The molecule has 2 saturated carbocycles. The van der Waals surface area contributed by atoms with E-state index in [4.69, 9.17) is 30.5 Å². The van der Waals surface area contributed by atoms with Gasteiger partial charge in [0.15, 0.2) is 11.5 Å². The standard InChI is InChI=1S/C30H35ClO7/c1-15(2)10-21(32)20-8-9-22-23(26(20)35-5)28(33)36-14-18-11-16(3)24(31)27(25(18)37-22)38-29(34)30(4)13-17-6-7-19(30)12-17/h8-9,11,15,17,19,21,32H,6-7,10,12-14H2,1-5H3/t17-,19+,21+,30+/m1/s1. The van der Waals surface area contributed by atoms with Crippen molar-refractivity contribution in [3.63, 3.8) is 0 Å². The maximum absolute atomic E-state index is 13.6. The number of ether oxygens (including phenoxy) is 4. The van der Waals surface area contributed by atoms with Crippen molar-refractivity contribution in [1.82, 2.24) is 0 Å². The first-order valence-electron chi connectivity index (χ1n) is 13.3. The molecule has 4 atom stereocenters. The van der Waals surface area contributed by atoms with E-state index in [1.165, 1.54) is 7.11 Å². The number of aliphatic hydroxyl groups excluding tert-OH is 1. The number of esters is 2. The van der Waals surface area contributed by atoms with E-state index in [9.17, 15) is 14.7 Å². The van der Waals surface area contributed by atoms with Crippen molar-refractivity contribution in [2.75, 3.05) is 7.11 Å². The van der Waals surface area contributed by atoms with Gasteiger partial charge in [-0.15, -0.1) is 0 Å². The summed E-state index contributed by atoms with van der Waals surface area (Å²) in [5.74, 6) is 0.843. The van der Waals surface area contributed by atoms with Gasteiger partial charge in [0, 0.05) is 11.1 Å². The molecule has 204 valence electrons. The zero-order valence-electron chi connectivity index (χ0n) is 22.6. The highest BCUT2D eigenvalue weighted by molar-refractivity contribution is 6.33. The molecule has 0 spiro atoms. The van der Waals surface area contributed by atoms with E-state index < -0.39 is 17.5 Å². The van der Waals surface area contributed by atoms with Gasteiger partial charge < -0.3 is 24.1 Å². The van der Waals surface area contributed by atoms with Crippen LogP contribution in [0.5, 0.6) is 23.0 Å². The van der Waals surface area contributed by atoms with Crippen molar-refractivity contribution in [3.05, 3.63) is 45.5 Å². The van der Waals surface area contributed by atoms with Gasteiger partial charge in [-0.3, -0.25) is 4.79 Å². The Kier molecular flexibility index (Phi) is 7.12. The average molecular weight is 543 g/mol. The number of aryl methyl sites for hydroxylation is 1. The molecule has 0 saturated heterocycles. The first-order chi connectivity index (χ1) is 18.0. The lowest BCUT2D eigenvalue weighted by atomic mass is 9.75. The largest absolute Gasteiger partial charge is 0.495 e. The minimum absolute atomic E-state index is 0.0625. The summed E-state index contributed by atoms with van der Waals surface area (Å²) in [6.07, 6.45) is 3.70. The first kappa shape index (κ1) is 26.8. The fourth-order valence-electron chi connectivity index (χ4n) is 6.43. The van der Waals surface area contributed by atoms with Gasteiger partial charge in [-0.05, 0) is 81.0 Å². The third kappa shape index (κ3) is 4.54. The fraction of sp³-hybridized carbons (Fsp3) is 0.533. The lowest BCUT2D eigenvalue weighted by Crippen LogP contribution is -2.37. The van der Waals surface area contributed by atoms with Crippen LogP contribution in [0.15, 0.2) is 18.2 Å². The minimum Gasteiger partial charge on any atom is -0.495 e. The Bertz CT molecular complexity index is 1290. The maximum Gasteiger partial charge on any atom is 0.346 e. The van der Waals surface area contributed by atoms with Crippen LogP contribution in [0.3, 0.4) is 0 Å². The quantitative estimate of drug-likeness (QED) is 0.312. The molecule has 2 fully saturated rings. The Balaban J connectivity index is 1.57. The van der Waals surface area contributed by atoms with Gasteiger partial charge in [-0.1, -0.05) is 31.9 Å². The zero-order valence-corrected chi connectivity index (χ0v) is 23.3. The van der Waals surface area contributed by atoms with Crippen LogP contribution < -0.4 is 14.2 Å². The summed E-state index contributed by atoms with van der Waals surface area (Å²) in [4.78, 5) is 26.7. The summed E-state index contributed by atoms with van der Waals surface area (Å²) in [5, 5.41) is 11.1. The van der Waals surface area contributed by atoms with E-state index in [0.29, 0.717) is 34.9 Å². The zero-order chi connectivity index (χ0) is 27.4. The smallest absolute Gasteiger partial charge is 0.346 e. The van der Waals surface area contributed by atoms with E-state index in [2.05, 4.69) is 0 Å². The van der Waals surface area contributed by atoms with Crippen molar-refractivity contribution >= 4 is 23.5 Å². The second kappa shape index (κ2) is 10.1. The number of aliphatic hydroxyl groups is 1. The van der Waals surface area contributed by atoms with Gasteiger partial charge in [-0.25, -0.2) is 4.79 Å². The number of rotatable bonds is 6. The maximum atomic E-state index is 13.6. The molecule has 5 rings (SSSR count). The number of carbonyl (C=O) groups is 2. The lowest BCUT2D eigenvalue weighted by molar-refractivity contribution is -0.148. The summed E-state index contributed by atoms with van der Waals surface area (Å²) >= 11 is 6.71. The van der Waals surface area contributed by atoms with Crippen LogP contribution in [0, 0.1) is 30.1 Å². The van der Waals surface area contributed by atoms with Gasteiger partial charge >= 0.3 is 11.9 Å². The number of cyclic esters (lactones) is 1. The molecule has 0 aromatic heterocycles. The molecule has 1 heterocycles. The number of hydrogen-bond acceptors (Lipinski definition) is 7. The van der Waals surface area contributed by atoms with E-state index in [1.807, 2.05) is 20.8 Å². The molecule has 8 heteroatoms. The number of halogens is 1. The second-order valence-electron chi connectivity index (χ2n) is 11.6. The molecule has 0 radical (unpaired) electrons. The molecule has 0 amide bonds. The van der Waals surface area contributed by atoms with Crippen LogP contribution in [0.4, 0.5) is 0 Å². The molecular formula is C30H35ClO7. The summed E-state index contributed by atoms with van der Waals surface area (Å²) in [5.41, 5.74) is 1.18. The van der Waals surface area contributed by atoms with E-state index in [1.54, 1.807) is 25.1 Å². The molecule has 1 aliphatic heterocycles. The summed E-state index contributed by atoms with van der Waals surface area (Å²) in [6, 6.07) is 5.05. The van der Waals surface area contributed by atoms with Crippen molar-refractivity contribution in [2.45, 2.75) is 72.5 Å². The number of benzene rings is 2. The molecule has 2 aliphatic carbocycles. The number of fused-ring (bicyclic) bond motifs is 4. The number of hydrogen-bond donors (Lipinski definition) is 1. The Morgan fingerprint density at radius 1 is 1.26 bits per heavy atom. The van der Waals surface area contributed by atoms with Crippen LogP contribution in [-0.4, -0.2) is 24.2 Å². The Morgan fingerprint density at radius 3 is 2.66 bits per heavy atom. The monoisotopic (exact) mass is 542 g/mol. The van der Waals surface area contributed by atoms with E-state index in [-0.39, 0.29) is 52.1 Å². The number of carbonyl (C=O) groups excluding carboxylic acids is 2. The third-order valence-corrected chi connectivity index (χ3v) is 8.90. The molecule has 38 heavy (non-hydrogen) atoms. The normalized spacial score (nSPS) is 24.6. The molecule has 0 unspecified atom stereocenters. The van der Waals surface area contributed by atoms with Crippen molar-refractivity contribution in [2.24, 2.45) is 23.2 Å². The number of methoxy groups -OCH3 is 1. The SMILES string of the molecule is COc1c([C@@H](O)CC(C)C)ccc2c1C(=O)OCc1cc(C)c(Cl)c(OC(=O)[C@@]3(C)C[C@@H]4CC[C@H]3C4)c1O2. The predicted molar refractivity (Wildman–Crippen MR) is 142 cm³/mol. The van der Waals surface area contributed by atoms with Crippen LogP contribution >= 0.6 is 11.6 Å². The topological polar surface area (TPSA) is 91.3 Å². The molecule has 1 N–H and O–H groups in total. The highest BCUT2D eigenvalue weighted by atomic mass is 35.5. The average Bonchev–Trinajstić information content (AvgIpc) is 3.46. The Morgan fingerprint density at radius 2 is 2.03 bits per heavy atom.